The minimum Gasteiger partial charge on any atom is -0.480 e. The molecule has 0 aliphatic carbocycles. The van der Waals surface area contributed by atoms with Crippen LogP contribution in [0.2, 0.25) is 0 Å². The summed E-state index contributed by atoms with van der Waals surface area (Å²) < 4.78 is 0. The smallest absolute Gasteiger partial charge is 0.322 e. The van der Waals surface area contributed by atoms with Crippen molar-refractivity contribution in [1.82, 2.24) is 16.0 Å². The third-order valence-electron chi connectivity index (χ3n) is 4.08. The SMILES string of the molecule is NC(N)=NCCCC(N)C(=O)NCC(=O)NC(Cc1ccccc1)C(=O)NCC(=O)O. The van der Waals surface area contributed by atoms with Gasteiger partial charge in [0.25, 0.3) is 0 Å². The molecule has 0 spiro atoms. The first-order valence-corrected chi connectivity index (χ1v) is 9.60. The second kappa shape index (κ2) is 13.5. The van der Waals surface area contributed by atoms with Gasteiger partial charge in [-0.2, -0.15) is 0 Å². The number of hydrogen-bond acceptors (Lipinski definition) is 6. The maximum atomic E-state index is 12.3. The topological polar surface area (TPSA) is 215 Å². The molecule has 0 aromatic heterocycles. The molecule has 1 aromatic rings. The van der Waals surface area contributed by atoms with E-state index >= 15 is 0 Å². The quantitative estimate of drug-likeness (QED) is 0.0988. The van der Waals surface area contributed by atoms with E-state index < -0.39 is 48.9 Å². The van der Waals surface area contributed by atoms with Gasteiger partial charge in [0.15, 0.2) is 5.96 Å². The number of carboxylic acids is 1. The number of aliphatic imine (C=N–C) groups is 1. The molecule has 12 nitrogen and oxygen atoms in total. The number of benzene rings is 1. The number of carbonyl (C=O) groups excluding carboxylic acids is 3. The largest absolute Gasteiger partial charge is 0.480 e. The first-order chi connectivity index (χ1) is 14.7. The summed E-state index contributed by atoms with van der Waals surface area (Å²) >= 11 is 0. The fourth-order valence-corrected chi connectivity index (χ4v) is 2.54. The van der Waals surface area contributed by atoms with E-state index in [4.69, 9.17) is 22.3 Å². The van der Waals surface area contributed by atoms with Crippen molar-refractivity contribution in [2.24, 2.45) is 22.2 Å². The molecule has 1 aromatic carbocycles. The Morgan fingerprint density at radius 3 is 2.26 bits per heavy atom. The Morgan fingerprint density at radius 1 is 1.00 bits per heavy atom. The number of nitrogens with two attached hydrogens (primary N) is 3. The maximum Gasteiger partial charge on any atom is 0.322 e. The van der Waals surface area contributed by atoms with E-state index in [1.54, 1.807) is 30.3 Å². The van der Waals surface area contributed by atoms with Crippen molar-refractivity contribution in [3.05, 3.63) is 35.9 Å². The lowest BCUT2D eigenvalue weighted by Gasteiger charge is -2.19. The van der Waals surface area contributed by atoms with Gasteiger partial charge >= 0.3 is 5.97 Å². The molecule has 0 saturated heterocycles. The zero-order valence-corrected chi connectivity index (χ0v) is 17.0. The Morgan fingerprint density at radius 2 is 1.65 bits per heavy atom. The summed E-state index contributed by atoms with van der Waals surface area (Å²) in [5.74, 6) is -3.06. The molecule has 12 heteroatoms. The van der Waals surface area contributed by atoms with Crippen molar-refractivity contribution < 1.29 is 24.3 Å². The van der Waals surface area contributed by atoms with E-state index in [1.807, 2.05) is 0 Å². The first-order valence-electron chi connectivity index (χ1n) is 9.60. The molecule has 0 radical (unpaired) electrons. The van der Waals surface area contributed by atoms with E-state index in [0.717, 1.165) is 5.56 Å². The number of guanidine groups is 1. The third-order valence-corrected chi connectivity index (χ3v) is 4.08. The molecule has 10 N–H and O–H groups in total. The molecule has 0 heterocycles. The number of nitrogens with zero attached hydrogens (tertiary/aromatic N) is 1. The van der Waals surface area contributed by atoms with Crippen LogP contribution in [0.25, 0.3) is 0 Å². The monoisotopic (exact) mass is 435 g/mol. The normalized spacial score (nSPS) is 12.2. The molecule has 0 fully saturated rings. The highest BCUT2D eigenvalue weighted by Crippen LogP contribution is 2.03. The number of aliphatic carboxylic acids is 1. The molecule has 0 aliphatic heterocycles. The second-order valence-electron chi connectivity index (χ2n) is 6.69. The molecule has 3 amide bonds. The van der Waals surface area contributed by atoms with Crippen LogP contribution in [0.5, 0.6) is 0 Å². The van der Waals surface area contributed by atoms with Gasteiger partial charge in [0.05, 0.1) is 12.6 Å². The highest BCUT2D eigenvalue weighted by atomic mass is 16.4. The van der Waals surface area contributed by atoms with Gasteiger partial charge in [-0.05, 0) is 18.4 Å². The number of nitrogens with one attached hydrogen (secondary N) is 3. The van der Waals surface area contributed by atoms with Crippen LogP contribution in [-0.4, -0.2) is 66.5 Å². The Bertz CT molecular complexity index is 781. The summed E-state index contributed by atoms with van der Waals surface area (Å²) in [7, 11) is 0. The Balaban J connectivity index is 2.56. The molecular formula is C19H29N7O5. The van der Waals surface area contributed by atoms with Crippen molar-refractivity contribution in [1.29, 1.82) is 0 Å². The molecule has 1 rings (SSSR count). The lowest BCUT2D eigenvalue weighted by molar-refractivity contribution is -0.138. The highest BCUT2D eigenvalue weighted by molar-refractivity contribution is 5.92. The van der Waals surface area contributed by atoms with Crippen LogP contribution in [0.4, 0.5) is 0 Å². The van der Waals surface area contributed by atoms with Crippen LogP contribution in [0.15, 0.2) is 35.3 Å². The molecule has 2 atom stereocenters. The number of carbonyl (C=O) groups is 4. The lowest BCUT2D eigenvalue weighted by Crippen LogP contribution is -2.52. The standard InChI is InChI=1S/C19H29N7O5/c20-13(7-4-8-23-19(21)22)17(30)24-10-15(27)26-14(18(31)25-11-16(28)29)9-12-5-2-1-3-6-12/h1-3,5-6,13-14H,4,7-11,20H2,(H,24,30)(H,25,31)(H,26,27)(H,28,29)(H4,21,22,23). The van der Waals surface area contributed by atoms with Gasteiger partial charge in [-0.3, -0.25) is 24.2 Å². The zero-order valence-electron chi connectivity index (χ0n) is 17.0. The van der Waals surface area contributed by atoms with Crippen LogP contribution in [0.1, 0.15) is 18.4 Å². The van der Waals surface area contributed by atoms with Crippen molar-refractivity contribution in [2.45, 2.75) is 31.3 Å². The average Bonchev–Trinajstić information content (AvgIpc) is 2.73. The van der Waals surface area contributed by atoms with Crippen molar-refractivity contribution in [3.63, 3.8) is 0 Å². The van der Waals surface area contributed by atoms with E-state index in [1.165, 1.54) is 0 Å². The Labute approximate surface area is 179 Å². The summed E-state index contributed by atoms with van der Waals surface area (Å²) in [6.07, 6.45) is 0.955. The number of rotatable bonds is 13. The van der Waals surface area contributed by atoms with Crippen molar-refractivity contribution in [3.8, 4) is 0 Å². The van der Waals surface area contributed by atoms with Gasteiger partial charge in [-0.15, -0.1) is 0 Å². The van der Waals surface area contributed by atoms with Crippen LogP contribution in [-0.2, 0) is 25.6 Å². The second-order valence-corrected chi connectivity index (χ2v) is 6.69. The van der Waals surface area contributed by atoms with Crippen LogP contribution < -0.4 is 33.2 Å². The summed E-state index contributed by atoms with van der Waals surface area (Å²) in [6.45, 7) is -0.639. The minimum atomic E-state index is -1.21. The van der Waals surface area contributed by atoms with E-state index in [9.17, 15) is 19.2 Å². The van der Waals surface area contributed by atoms with E-state index in [0.29, 0.717) is 19.4 Å². The molecule has 2 unspecified atom stereocenters. The predicted molar refractivity (Wildman–Crippen MR) is 114 cm³/mol. The molecule has 0 aliphatic rings. The van der Waals surface area contributed by atoms with Crippen molar-refractivity contribution in [2.75, 3.05) is 19.6 Å². The number of amides is 3. The van der Waals surface area contributed by atoms with Gasteiger partial charge in [0.1, 0.15) is 12.6 Å². The van der Waals surface area contributed by atoms with Crippen LogP contribution in [0, 0.1) is 0 Å². The summed E-state index contributed by atoms with van der Waals surface area (Å²) in [5.41, 5.74) is 17.0. The minimum absolute atomic E-state index is 0.0489. The Hall–Kier alpha value is -3.67. The fourth-order valence-electron chi connectivity index (χ4n) is 2.54. The van der Waals surface area contributed by atoms with Gasteiger partial charge < -0.3 is 38.3 Å². The lowest BCUT2D eigenvalue weighted by atomic mass is 10.1. The molecule has 170 valence electrons. The van der Waals surface area contributed by atoms with Crippen molar-refractivity contribution >= 4 is 29.7 Å². The predicted octanol–water partition coefficient (Wildman–Crippen LogP) is -2.59. The molecule has 0 saturated carbocycles. The first kappa shape index (κ1) is 25.4. The summed E-state index contributed by atoms with van der Waals surface area (Å²) in [5, 5.41) is 15.9. The molecule has 0 bridgehead atoms. The van der Waals surface area contributed by atoms with Gasteiger partial charge in [0, 0.05) is 13.0 Å². The average molecular weight is 435 g/mol. The summed E-state index contributed by atoms with van der Waals surface area (Å²) in [6, 6.07) is 7.04. The van der Waals surface area contributed by atoms with Gasteiger partial charge in [-0.25, -0.2) is 0 Å². The third kappa shape index (κ3) is 11.2. The van der Waals surface area contributed by atoms with Crippen LogP contribution in [0.3, 0.4) is 0 Å². The summed E-state index contributed by atoms with van der Waals surface area (Å²) in [4.78, 5) is 51.0. The zero-order chi connectivity index (χ0) is 23.2. The highest BCUT2D eigenvalue weighted by Gasteiger charge is 2.22. The molecule has 31 heavy (non-hydrogen) atoms. The fraction of sp³-hybridized carbons (Fsp3) is 0.421. The van der Waals surface area contributed by atoms with Gasteiger partial charge in [0.2, 0.25) is 17.7 Å². The van der Waals surface area contributed by atoms with Crippen LogP contribution >= 0.6 is 0 Å². The van der Waals surface area contributed by atoms with Gasteiger partial charge in [-0.1, -0.05) is 30.3 Å². The van der Waals surface area contributed by atoms with E-state index in [2.05, 4.69) is 20.9 Å². The molecular weight excluding hydrogens is 406 g/mol. The number of hydrogen-bond donors (Lipinski definition) is 7. The van der Waals surface area contributed by atoms with E-state index in [-0.39, 0.29) is 12.4 Å². The Kier molecular flexibility index (Phi) is 11.1. The maximum absolute atomic E-state index is 12.3. The number of carboxylic acid groups (broad SMARTS) is 1.